The fourth-order valence-corrected chi connectivity index (χ4v) is 3.68. The smallest absolute Gasteiger partial charge is 0.0701 e. The highest BCUT2D eigenvalue weighted by atomic mass is 79.9. The predicted molar refractivity (Wildman–Crippen MR) is 69.1 cm³/mol. The molecule has 15 heavy (non-hydrogen) atoms. The van der Waals surface area contributed by atoms with Gasteiger partial charge in [-0.2, -0.15) is 0 Å². The van der Waals surface area contributed by atoms with Gasteiger partial charge in [-0.3, -0.25) is 4.90 Å². The first-order valence-corrected chi connectivity index (χ1v) is 7.09. The van der Waals surface area contributed by atoms with Crippen LogP contribution in [0.25, 0.3) is 0 Å². The molecule has 2 heterocycles. The topological polar surface area (TPSA) is 29.3 Å². The molecule has 0 bridgehead atoms. The number of rotatable bonds is 3. The minimum atomic E-state index is 0.597. The summed E-state index contributed by atoms with van der Waals surface area (Å²) in [5.41, 5.74) is 5.80. The minimum absolute atomic E-state index is 0.597. The van der Waals surface area contributed by atoms with E-state index in [9.17, 15) is 0 Å². The van der Waals surface area contributed by atoms with Crippen LogP contribution >= 0.6 is 27.3 Å². The van der Waals surface area contributed by atoms with E-state index in [-0.39, 0.29) is 0 Å². The van der Waals surface area contributed by atoms with Gasteiger partial charge in [0, 0.05) is 24.0 Å². The van der Waals surface area contributed by atoms with Gasteiger partial charge in [0.15, 0.2) is 0 Å². The monoisotopic (exact) mass is 288 g/mol. The average molecular weight is 289 g/mol. The van der Waals surface area contributed by atoms with Crippen molar-refractivity contribution in [2.45, 2.75) is 31.8 Å². The summed E-state index contributed by atoms with van der Waals surface area (Å²) >= 11 is 5.33. The number of nitrogens with two attached hydrogens (primary N) is 1. The van der Waals surface area contributed by atoms with Crippen molar-refractivity contribution in [1.82, 2.24) is 4.90 Å². The van der Waals surface area contributed by atoms with Gasteiger partial charge in [-0.1, -0.05) is 6.42 Å². The maximum absolute atomic E-state index is 5.80. The Morgan fingerprint density at radius 3 is 3.00 bits per heavy atom. The second-order valence-electron chi connectivity index (χ2n) is 4.06. The van der Waals surface area contributed by atoms with Crippen molar-refractivity contribution in [3.05, 3.63) is 20.8 Å². The molecular formula is C11H17BrN2S. The van der Waals surface area contributed by atoms with Crippen LogP contribution < -0.4 is 5.73 Å². The highest BCUT2D eigenvalue weighted by Gasteiger charge is 2.21. The summed E-state index contributed by atoms with van der Waals surface area (Å²) < 4.78 is 1.22. The third-order valence-corrected chi connectivity index (χ3v) is 4.62. The van der Waals surface area contributed by atoms with Crippen LogP contribution in [0.4, 0.5) is 0 Å². The van der Waals surface area contributed by atoms with E-state index in [1.165, 1.54) is 34.5 Å². The lowest BCUT2D eigenvalue weighted by molar-refractivity contribution is 0.146. The lowest BCUT2D eigenvalue weighted by atomic mass is 10.0. The van der Waals surface area contributed by atoms with Gasteiger partial charge in [-0.25, -0.2) is 0 Å². The highest BCUT2D eigenvalue weighted by molar-refractivity contribution is 9.11. The number of hydrogen-bond donors (Lipinski definition) is 1. The van der Waals surface area contributed by atoms with Gasteiger partial charge in [0.05, 0.1) is 3.79 Å². The number of likely N-dealkylation sites (tertiary alicyclic amines) is 1. The van der Waals surface area contributed by atoms with Crippen LogP contribution in [0, 0.1) is 0 Å². The molecule has 84 valence electrons. The average Bonchev–Trinajstić information content (AvgIpc) is 2.65. The van der Waals surface area contributed by atoms with E-state index in [2.05, 4.69) is 33.0 Å². The van der Waals surface area contributed by atoms with Crippen LogP contribution in [-0.4, -0.2) is 24.0 Å². The molecule has 2 nitrogen and oxygen atoms in total. The van der Waals surface area contributed by atoms with E-state index >= 15 is 0 Å². The quantitative estimate of drug-likeness (QED) is 0.927. The normalized spacial score (nSPS) is 23.2. The van der Waals surface area contributed by atoms with Gasteiger partial charge < -0.3 is 5.73 Å². The standard InChI is InChI=1S/C11H17BrN2S/c12-11-5-4-10(15-11)8-14-6-2-1-3-9(14)7-13/h4-5,9H,1-3,6-8,13H2. The highest BCUT2D eigenvalue weighted by Crippen LogP contribution is 2.25. The van der Waals surface area contributed by atoms with E-state index < -0.39 is 0 Å². The second-order valence-corrected chi connectivity index (χ2v) is 6.61. The van der Waals surface area contributed by atoms with Crippen LogP contribution in [0.3, 0.4) is 0 Å². The Morgan fingerprint density at radius 2 is 2.33 bits per heavy atom. The number of piperidine rings is 1. The third kappa shape index (κ3) is 3.03. The zero-order valence-electron chi connectivity index (χ0n) is 8.79. The molecule has 1 fully saturated rings. The number of nitrogens with zero attached hydrogens (tertiary/aromatic N) is 1. The van der Waals surface area contributed by atoms with Crippen molar-refractivity contribution in [1.29, 1.82) is 0 Å². The summed E-state index contributed by atoms with van der Waals surface area (Å²) in [6, 6.07) is 4.93. The van der Waals surface area contributed by atoms with Crippen molar-refractivity contribution < 1.29 is 0 Å². The first kappa shape index (κ1) is 11.6. The molecular weight excluding hydrogens is 272 g/mol. The summed E-state index contributed by atoms with van der Waals surface area (Å²) in [6.07, 6.45) is 3.93. The number of hydrogen-bond acceptors (Lipinski definition) is 3. The van der Waals surface area contributed by atoms with Crippen molar-refractivity contribution in [2.24, 2.45) is 5.73 Å². The predicted octanol–water partition coefficient (Wildman–Crippen LogP) is 2.82. The molecule has 0 saturated carbocycles. The van der Waals surface area contributed by atoms with Gasteiger partial charge >= 0.3 is 0 Å². The van der Waals surface area contributed by atoms with E-state index in [1.807, 2.05) is 11.3 Å². The molecule has 1 aliphatic rings. The first-order valence-electron chi connectivity index (χ1n) is 5.48. The van der Waals surface area contributed by atoms with Gasteiger partial charge in [0.1, 0.15) is 0 Å². The molecule has 1 unspecified atom stereocenters. The second kappa shape index (κ2) is 5.43. The fourth-order valence-electron chi connectivity index (χ4n) is 2.17. The Morgan fingerprint density at radius 1 is 1.47 bits per heavy atom. The molecule has 1 aromatic heterocycles. The van der Waals surface area contributed by atoms with E-state index in [4.69, 9.17) is 5.73 Å². The van der Waals surface area contributed by atoms with Gasteiger partial charge in [-0.05, 0) is 47.4 Å². The van der Waals surface area contributed by atoms with Crippen molar-refractivity contribution >= 4 is 27.3 Å². The molecule has 4 heteroatoms. The molecule has 1 aliphatic heterocycles. The van der Waals surface area contributed by atoms with Gasteiger partial charge in [-0.15, -0.1) is 11.3 Å². The molecule has 1 atom stereocenters. The molecule has 2 N–H and O–H groups in total. The number of thiophene rings is 1. The molecule has 0 spiro atoms. The molecule has 1 saturated heterocycles. The first-order chi connectivity index (χ1) is 7.29. The van der Waals surface area contributed by atoms with Crippen LogP contribution in [0.1, 0.15) is 24.1 Å². The minimum Gasteiger partial charge on any atom is -0.329 e. The van der Waals surface area contributed by atoms with E-state index in [0.29, 0.717) is 6.04 Å². The third-order valence-electron chi connectivity index (χ3n) is 3.01. The summed E-state index contributed by atoms with van der Waals surface area (Å²) in [6.45, 7) is 3.07. The van der Waals surface area contributed by atoms with Crippen LogP contribution in [0.15, 0.2) is 15.9 Å². The van der Waals surface area contributed by atoms with E-state index in [1.54, 1.807) is 0 Å². The maximum atomic E-state index is 5.80. The maximum Gasteiger partial charge on any atom is 0.0701 e. The Kier molecular flexibility index (Phi) is 4.20. The molecule has 0 aliphatic carbocycles. The fraction of sp³-hybridized carbons (Fsp3) is 0.636. The molecule has 0 aromatic carbocycles. The zero-order chi connectivity index (χ0) is 10.7. The molecule has 0 amide bonds. The van der Waals surface area contributed by atoms with E-state index in [0.717, 1.165) is 13.1 Å². The molecule has 0 radical (unpaired) electrons. The van der Waals surface area contributed by atoms with Gasteiger partial charge in [0.2, 0.25) is 0 Å². The SMILES string of the molecule is NCC1CCCCN1Cc1ccc(Br)s1. The molecule has 2 rings (SSSR count). The Balaban J connectivity index is 1.97. The summed E-state index contributed by atoms with van der Waals surface area (Å²) in [7, 11) is 0. The summed E-state index contributed by atoms with van der Waals surface area (Å²) in [4.78, 5) is 3.96. The van der Waals surface area contributed by atoms with Crippen molar-refractivity contribution in [3.63, 3.8) is 0 Å². The Hall–Kier alpha value is 0.1000. The summed E-state index contributed by atoms with van der Waals surface area (Å²) in [5, 5.41) is 0. The van der Waals surface area contributed by atoms with Crippen molar-refractivity contribution in [2.75, 3.05) is 13.1 Å². The van der Waals surface area contributed by atoms with Gasteiger partial charge in [0.25, 0.3) is 0 Å². The lowest BCUT2D eigenvalue weighted by Crippen LogP contribution is -2.43. The van der Waals surface area contributed by atoms with Crippen LogP contribution in [0.2, 0.25) is 0 Å². The Bertz CT molecular complexity index is 313. The zero-order valence-corrected chi connectivity index (χ0v) is 11.2. The van der Waals surface area contributed by atoms with Crippen molar-refractivity contribution in [3.8, 4) is 0 Å². The largest absolute Gasteiger partial charge is 0.329 e. The van der Waals surface area contributed by atoms with Crippen LogP contribution in [-0.2, 0) is 6.54 Å². The van der Waals surface area contributed by atoms with Crippen LogP contribution in [0.5, 0.6) is 0 Å². The number of halogens is 1. The Labute approximate surface area is 104 Å². The molecule has 1 aromatic rings. The lowest BCUT2D eigenvalue weighted by Gasteiger charge is -2.34. The summed E-state index contributed by atoms with van der Waals surface area (Å²) in [5.74, 6) is 0.